The van der Waals surface area contributed by atoms with Gasteiger partial charge in [-0.25, -0.2) is 0 Å². The van der Waals surface area contributed by atoms with Gasteiger partial charge >= 0.3 is 5.97 Å². The lowest BCUT2D eigenvalue weighted by molar-refractivity contribution is -0.166. The van der Waals surface area contributed by atoms with Crippen LogP contribution >= 0.6 is 12.2 Å². The normalized spacial score (nSPS) is 12.4. The average Bonchev–Trinajstić information content (AvgIpc) is 1.84. The first-order chi connectivity index (χ1) is 5.43. The molecule has 1 atom stereocenters. The van der Waals surface area contributed by atoms with E-state index in [1.54, 1.807) is 27.7 Å². The minimum atomic E-state index is -0.586. The minimum absolute atomic E-state index is 0.138. The molecule has 0 rings (SSSR count). The molecule has 0 amide bonds. The molecule has 0 bridgehead atoms. The number of ether oxygens (including phenoxy) is 2. The number of thiocarbonyl (C=S) groups is 1. The number of hydrogen-bond acceptors (Lipinski definition) is 4. The summed E-state index contributed by atoms with van der Waals surface area (Å²) >= 11 is 4.68. The summed E-state index contributed by atoms with van der Waals surface area (Å²) in [4.78, 5) is 11.0. The molecule has 0 N–H and O–H groups in total. The monoisotopic (exact) mass is 190 g/mol. The third kappa shape index (κ3) is 5.07. The highest BCUT2D eigenvalue weighted by atomic mass is 32.1. The maximum atomic E-state index is 11.0. The van der Waals surface area contributed by atoms with E-state index in [1.807, 2.05) is 0 Å². The molecule has 0 aromatic heterocycles. The third-order valence-electron chi connectivity index (χ3n) is 1.09. The van der Waals surface area contributed by atoms with Crippen molar-refractivity contribution in [3.8, 4) is 0 Å². The summed E-state index contributed by atoms with van der Waals surface area (Å²) < 4.78 is 9.83. The summed E-state index contributed by atoms with van der Waals surface area (Å²) in [5.41, 5.74) is 0. The highest BCUT2D eigenvalue weighted by Gasteiger charge is 2.13. The summed E-state index contributed by atoms with van der Waals surface area (Å²) in [5, 5.41) is 0.374. The van der Waals surface area contributed by atoms with Crippen molar-refractivity contribution in [1.82, 2.24) is 0 Å². The van der Waals surface area contributed by atoms with Crippen molar-refractivity contribution < 1.29 is 14.3 Å². The van der Waals surface area contributed by atoms with Gasteiger partial charge in [0.05, 0.1) is 5.92 Å². The van der Waals surface area contributed by atoms with Gasteiger partial charge in [-0.2, -0.15) is 0 Å². The van der Waals surface area contributed by atoms with Crippen LogP contribution in [0.5, 0.6) is 0 Å². The van der Waals surface area contributed by atoms with Gasteiger partial charge in [-0.1, -0.05) is 13.8 Å². The van der Waals surface area contributed by atoms with E-state index in [9.17, 15) is 4.79 Å². The van der Waals surface area contributed by atoms with Crippen LogP contribution in [-0.2, 0) is 14.3 Å². The zero-order valence-electron chi connectivity index (χ0n) is 7.79. The van der Waals surface area contributed by atoms with Gasteiger partial charge in [0.25, 0.3) is 0 Å². The molecule has 0 unspecified atom stereocenters. The summed E-state index contributed by atoms with van der Waals surface area (Å²) in [5.74, 6) is -0.416. The van der Waals surface area contributed by atoms with Crippen molar-refractivity contribution in [2.45, 2.75) is 34.0 Å². The summed E-state index contributed by atoms with van der Waals surface area (Å²) in [6.45, 7) is 6.80. The van der Waals surface area contributed by atoms with E-state index in [-0.39, 0.29) is 11.9 Å². The molecule has 0 aliphatic carbocycles. The van der Waals surface area contributed by atoms with Crippen molar-refractivity contribution in [3.05, 3.63) is 0 Å². The quantitative estimate of drug-likeness (QED) is 0.387. The van der Waals surface area contributed by atoms with Gasteiger partial charge in [0.15, 0.2) is 5.05 Å². The number of esters is 1. The molecule has 4 heteroatoms. The van der Waals surface area contributed by atoms with Crippen LogP contribution in [0.25, 0.3) is 0 Å². The highest BCUT2D eigenvalue weighted by molar-refractivity contribution is 7.80. The van der Waals surface area contributed by atoms with E-state index in [1.165, 1.54) is 0 Å². The maximum absolute atomic E-state index is 11.0. The first kappa shape index (κ1) is 11.4. The van der Waals surface area contributed by atoms with Gasteiger partial charge in [0, 0.05) is 13.8 Å². The summed E-state index contributed by atoms with van der Waals surface area (Å²) in [6, 6.07) is 0. The van der Waals surface area contributed by atoms with Gasteiger partial charge in [0.2, 0.25) is 6.29 Å². The van der Waals surface area contributed by atoms with Crippen LogP contribution in [0.3, 0.4) is 0 Å². The second-order valence-electron chi connectivity index (χ2n) is 2.77. The Morgan fingerprint density at radius 1 is 1.25 bits per heavy atom. The molecule has 0 heterocycles. The molecule has 0 saturated carbocycles. The Bertz CT molecular complexity index is 177. The zero-order valence-corrected chi connectivity index (χ0v) is 8.60. The lowest BCUT2D eigenvalue weighted by Gasteiger charge is -2.15. The standard InChI is InChI=1S/C8H14O3S/c1-5(2)8(9)11-6(3)10-7(4)12/h5-6H,1-4H3/t6-/m0/s1. The molecular formula is C8H14O3S. The average molecular weight is 190 g/mol. The predicted molar refractivity (Wildman–Crippen MR) is 49.7 cm³/mol. The molecule has 70 valence electrons. The van der Waals surface area contributed by atoms with E-state index in [0.717, 1.165) is 0 Å². The highest BCUT2D eigenvalue weighted by Crippen LogP contribution is 2.02. The van der Waals surface area contributed by atoms with Crippen LogP contribution < -0.4 is 0 Å². The fourth-order valence-electron chi connectivity index (χ4n) is 0.557. The zero-order chi connectivity index (χ0) is 9.72. The number of carbonyl (C=O) groups excluding carboxylic acids is 1. The molecule has 0 aromatic carbocycles. The SMILES string of the molecule is CC(=S)O[C@H](C)OC(=O)C(C)C. The van der Waals surface area contributed by atoms with E-state index in [0.29, 0.717) is 5.05 Å². The van der Waals surface area contributed by atoms with Crippen LogP contribution in [-0.4, -0.2) is 17.3 Å². The molecule has 3 nitrogen and oxygen atoms in total. The fraction of sp³-hybridized carbons (Fsp3) is 0.750. The molecule has 0 radical (unpaired) electrons. The lowest BCUT2D eigenvalue weighted by atomic mass is 10.2. The van der Waals surface area contributed by atoms with Gasteiger partial charge in [-0.3, -0.25) is 4.79 Å². The number of rotatable bonds is 3. The first-order valence-electron chi connectivity index (χ1n) is 3.81. The van der Waals surface area contributed by atoms with E-state index in [2.05, 4.69) is 12.2 Å². The molecule has 0 aliphatic heterocycles. The van der Waals surface area contributed by atoms with Crippen molar-refractivity contribution in [1.29, 1.82) is 0 Å². The molecule has 0 spiro atoms. The Morgan fingerprint density at radius 3 is 2.08 bits per heavy atom. The van der Waals surface area contributed by atoms with Crippen molar-refractivity contribution in [2.24, 2.45) is 5.92 Å². The largest absolute Gasteiger partial charge is 0.449 e. The topological polar surface area (TPSA) is 35.5 Å². The number of hydrogen-bond donors (Lipinski definition) is 0. The lowest BCUT2D eigenvalue weighted by Crippen LogP contribution is -2.22. The Labute approximate surface area is 78.0 Å². The first-order valence-corrected chi connectivity index (χ1v) is 4.22. The molecule has 0 saturated heterocycles. The Balaban J connectivity index is 3.76. The van der Waals surface area contributed by atoms with Crippen molar-refractivity contribution >= 4 is 23.2 Å². The molecule has 0 aliphatic rings. The smallest absolute Gasteiger partial charge is 0.311 e. The number of carbonyl (C=O) groups is 1. The summed E-state index contributed by atoms with van der Waals surface area (Å²) in [7, 11) is 0. The predicted octanol–water partition coefficient (Wildman–Crippen LogP) is 1.90. The van der Waals surface area contributed by atoms with Gasteiger partial charge in [-0.15, -0.1) is 0 Å². The van der Waals surface area contributed by atoms with Crippen LogP contribution in [0.1, 0.15) is 27.7 Å². The summed E-state index contributed by atoms with van der Waals surface area (Å²) in [6.07, 6.45) is -0.586. The van der Waals surface area contributed by atoms with Crippen LogP contribution in [0.2, 0.25) is 0 Å². The molecule has 12 heavy (non-hydrogen) atoms. The fourth-order valence-corrected chi connectivity index (χ4v) is 0.693. The second kappa shape index (κ2) is 5.09. The van der Waals surface area contributed by atoms with Crippen LogP contribution in [0.15, 0.2) is 0 Å². The van der Waals surface area contributed by atoms with E-state index in [4.69, 9.17) is 9.47 Å². The Morgan fingerprint density at radius 2 is 1.75 bits per heavy atom. The molecule has 0 fully saturated rings. The minimum Gasteiger partial charge on any atom is -0.449 e. The van der Waals surface area contributed by atoms with Crippen LogP contribution in [0, 0.1) is 5.92 Å². The molecular weight excluding hydrogens is 176 g/mol. The van der Waals surface area contributed by atoms with E-state index < -0.39 is 6.29 Å². The van der Waals surface area contributed by atoms with Crippen molar-refractivity contribution in [3.63, 3.8) is 0 Å². The Kier molecular flexibility index (Phi) is 4.81. The second-order valence-corrected chi connectivity index (χ2v) is 3.34. The van der Waals surface area contributed by atoms with E-state index >= 15 is 0 Å². The third-order valence-corrected chi connectivity index (χ3v) is 1.18. The van der Waals surface area contributed by atoms with Crippen molar-refractivity contribution in [2.75, 3.05) is 0 Å². The van der Waals surface area contributed by atoms with Gasteiger partial charge < -0.3 is 9.47 Å². The van der Waals surface area contributed by atoms with Crippen LogP contribution in [0.4, 0.5) is 0 Å². The van der Waals surface area contributed by atoms with Gasteiger partial charge in [-0.05, 0) is 12.2 Å². The maximum Gasteiger partial charge on any atom is 0.311 e. The van der Waals surface area contributed by atoms with Gasteiger partial charge in [0.1, 0.15) is 0 Å². The Hall–Kier alpha value is -0.640. The molecule has 0 aromatic rings.